The lowest BCUT2D eigenvalue weighted by Gasteiger charge is -2.27. The number of hydrogen-bond donors (Lipinski definition) is 0. The highest BCUT2D eigenvalue weighted by Gasteiger charge is 2.25. The summed E-state index contributed by atoms with van der Waals surface area (Å²) >= 11 is 0. The summed E-state index contributed by atoms with van der Waals surface area (Å²) in [6.07, 6.45) is 8.33. The summed E-state index contributed by atoms with van der Waals surface area (Å²) in [5, 5.41) is 0. The number of rotatable bonds is 10. The molecule has 0 heterocycles. The summed E-state index contributed by atoms with van der Waals surface area (Å²) in [6, 6.07) is 1.35. The van der Waals surface area contributed by atoms with E-state index in [0.717, 1.165) is 12.5 Å². The highest BCUT2D eigenvalue weighted by Crippen LogP contribution is 2.25. The Morgan fingerprint density at radius 2 is 1.69 bits per heavy atom. The van der Waals surface area contributed by atoms with Crippen LogP contribution in [0.1, 0.15) is 59.3 Å². The van der Waals surface area contributed by atoms with Gasteiger partial charge >= 0.3 is 0 Å². The molecule has 2 heteroatoms. The van der Waals surface area contributed by atoms with Crippen molar-refractivity contribution in [1.82, 2.24) is 0 Å². The Morgan fingerprint density at radius 1 is 1.00 bits per heavy atom. The summed E-state index contributed by atoms with van der Waals surface area (Å²) in [5.74, 6) is 0.907. The van der Waals surface area contributed by atoms with Crippen molar-refractivity contribution in [2.24, 2.45) is 5.92 Å². The topological polar surface area (TPSA) is 9.23 Å². The van der Waals surface area contributed by atoms with E-state index in [0.29, 0.717) is 0 Å². The zero-order valence-corrected chi connectivity index (χ0v) is 13.1. The Hall–Kier alpha value is 0.177. The van der Waals surface area contributed by atoms with Crippen LogP contribution in [-0.4, -0.2) is 14.9 Å². The summed E-state index contributed by atoms with van der Waals surface area (Å²) < 4.78 is 5.93. The molecule has 1 atom stereocenters. The van der Waals surface area contributed by atoms with Gasteiger partial charge in [0.2, 0.25) is 0 Å². The Kier molecular flexibility index (Phi) is 9.33. The molecule has 0 aromatic heterocycles. The molecule has 16 heavy (non-hydrogen) atoms. The summed E-state index contributed by atoms with van der Waals surface area (Å²) in [5.41, 5.74) is 0. The largest absolute Gasteiger partial charge is 0.418 e. The Morgan fingerprint density at radius 3 is 2.19 bits per heavy atom. The van der Waals surface area contributed by atoms with E-state index in [1.165, 1.54) is 44.6 Å². The van der Waals surface area contributed by atoms with Gasteiger partial charge in [-0.15, -0.1) is 0 Å². The zero-order chi connectivity index (χ0) is 12.4. The Labute approximate surface area is 104 Å². The molecule has 0 fully saturated rings. The first-order valence-corrected chi connectivity index (χ1v) is 10.3. The maximum atomic E-state index is 5.93. The van der Waals surface area contributed by atoms with Gasteiger partial charge in [0.1, 0.15) is 0 Å². The standard InChI is InChI=1S/C14H32OSi/c1-6-9-10-11-12-14(7-2)13-16(4,5)15-8-3/h14H,6-13H2,1-5H3. The molecule has 0 aromatic rings. The molecular formula is C14H32OSi. The van der Waals surface area contributed by atoms with Crippen molar-refractivity contribution in [3.05, 3.63) is 0 Å². The van der Waals surface area contributed by atoms with Crippen LogP contribution in [0.15, 0.2) is 0 Å². The molecule has 0 spiro atoms. The van der Waals surface area contributed by atoms with Crippen molar-refractivity contribution >= 4 is 8.32 Å². The molecule has 0 aliphatic rings. The third kappa shape index (κ3) is 8.34. The second-order valence-corrected chi connectivity index (χ2v) is 9.74. The number of unbranched alkanes of at least 4 members (excludes halogenated alkanes) is 3. The van der Waals surface area contributed by atoms with Gasteiger partial charge in [0, 0.05) is 6.61 Å². The maximum absolute atomic E-state index is 5.93. The van der Waals surface area contributed by atoms with E-state index in [1.54, 1.807) is 0 Å². The van der Waals surface area contributed by atoms with Crippen LogP contribution >= 0.6 is 0 Å². The van der Waals surface area contributed by atoms with E-state index in [2.05, 4.69) is 33.9 Å². The minimum absolute atomic E-state index is 0.894. The second kappa shape index (κ2) is 9.23. The normalized spacial score (nSPS) is 14.1. The monoisotopic (exact) mass is 244 g/mol. The van der Waals surface area contributed by atoms with E-state index in [9.17, 15) is 0 Å². The van der Waals surface area contributed by atoms with Crippen molar-refractivity contribution in [2.75, 3.05) is 6.61 Å². The Bertz CT molecular complexity index is 157. The molecule has 0 aliphatic carbocycles. The molecule has 0 aromatic carbocycles. The highest BCUT2D eigenvalue weighted by molar-refractivity contribution is 6.71. The van der Waals surface area contributed by atoms with Crippen molar-refractivity contribution in [1.29, 1.82) is 0 Å². The van der Waals surface area contributed by atoms with E-state index >= 15 is 0 Å². The fraction of sp³-hybridized carbons (Fsp3) is 1.00. The molecular weight excluding hydrogens is 212 g/mol. The Balaban J connectivity index is 3.81. The van der Waals surface area contributed by atoms with Gasteiger partial charge in [-0.05, 0) is 32.0 Å². The van der Waals surface area contributed by atoms with E-state index < -0.39 is 8.32 Å². The lowest BCUT2D eigenvalue weighted by Crippen LogP contribution is -2.32. The minimum atomic E-state index is -1.36. The first-order chi connectivity index (χ1) is 7.55. The van der Waals surface area contributed by atoms with Gasteiger partial charge in [-0.2, -0.15) is 0 Å². The zero-order valence-electron chi connectivity index (χ0n) is 12.1. The predicted octanol–water partition coefficient (Wildman–Crippen LogP) is 5.22. The number of hydrogen-bond acceptors (Lipinski definition) is 1. The van der Waals surface area contributed by atoms with Crippen LogP contribution in [0.4, 0.5) is 0 Å². The average Bonchev–Trinajstić information content (AvgIpc) is 2.22. The van der Waals surface area contributed by atoms with Crippen LogP contribution < -0.4 is 0 Å². The van der Waals surface area contributed by atoms with Gasteiger partial charge in [0.15, 0.2) is 8.32 Å². The summed E-state index contributed by atoms with van der Waals surface area (Å²) in [4.78, 5) is 0. The molecule has 98 valence electrons. The molecule has 0 aliphatic heterocycles. The van der Waals surface area contributed by atoms with E-state index in [-0.39, 0.29) is 0 Å². The smallest absolute Gasteiger partial charge is 0.186 e. The molecule has 0 saturated heterocycles. The van der Waals surface area contributed by atoms with Crippen LogP contribution in [0.2, 0.25) is 19.1 Å². The highest BCUT2D eigenvalue weighted by atomic mass is 28.4. The second-order valence-electron chi connectivity index (χ2n) is 5.52. The fourth-order valence-corrected chi connectivity index (χ4v) is 5.24. The average molecular weight is 244 g/mol. The minimum Gasteiger partial charge on any atom is -0.418 e. The first-order valence-electron chi connectivity index (χ1n) is 7.19. The molecule has 0 rings (SSSR count). The van der Waals surface area contributed by atoms with Crippen molar-refractivity contribution in [3.8, 4) is 0 Å². The predicted molar refractivity (Wildman–Crippen MR) is 76.5 cm³/mol. The summed E-state index contributed by atoms with van der Waals surface area (Å²) in [7, 11) is -1.36. The molecule has 1 nitrogen and oxygen atoms in total. The molecule has 1 unspecified atom stereocenters. The van der Waals surface area contributed by atoms with Gasteiger partial charge in [-0.1, -0.05) is 52.4 Å². The molecule has 0 bridgehead atoms. The van der Waals surface area contributed by atoms with Gasteiger partial charge in [0.25, 0.3) is 0 Å². The van der Waals surface area contributed by atoms with Gasteiger partial charge < -0.3 is 4.43 Å². The molecule has 0 amide bonds. The first kappa shape index (κ1) is 16.2. The lowest BCUT2D eigenvalue weighted by atomic mass is 10.0. The quantitative estimate of drug-likeness (QED) is 0.378. The van der Waals surface area contributed by atoms with Crippen LogP contribution in [0.5, 0.6) is 0 Å². The van der Waals surface area contributed by atoms with Crippen molar-refractivity contribution in [3.63, 3.8) is 0 Å². The van der Waals surface area contributed by atoms with E-state index in [1.807, 2.05) is 0 Å². The molecule has 0 radical (unpaired) electrons. The molecule has 0 N–H and O–H groups in total. The van der Waals surface area contributed by atoms with Crippen molar-refractivity contribution < 1.29 is 4.43 Å². The molecule has 0 saturated carbocycles. The third-order valence-electron chi connectivity index (χ3n) is 3.36. The SMILES string of the molecule is CCCCCCC(CC)C[Si](C)(C)OCC. The van der Waals surface area contributed by atoms with Gasteiger partial charge in [-0.3, -0.25) is 0 Å². The van der Waals surface area contributed by atoms with E-state index in [4.69, 9.17) is 4.43 Å². The van der Waals surface area contributed by atoms with Crippen LogP contribution in [0.3, 0.4) is 0 Å². The fourth-order valence-electron chi connectivity index (χ4n) is 2.46. The lowest BCUT2D eigenvalue weighted by molar-refractivity contribution is 0.317. The third-order valence-corrected chi connectivity index (χ3v) is 5.99. The van der Waals surface area contributed by atoms with Crippen LogP contribution in [-0.2, 0) is 4.43 Å². The van der Waals surface area contributed by atoms with Crippen molar-refractivity contribution in [2.45, 2.75) is 78.4 Å². The van der Waals surface area contributed by atoms with Gasteiger partial charge in [0.05, 0.1) is 0 Å². The maximum Gasteiger partial charge on any atom is 0.186 e. The van der Waals surface area contributed by atoms with Gasteiger partial charge in [-0.25, -0.2) is 0 Å². The summed E-state index contributed by atoms with van der Waals surface area (Å²) in [6.45, 7) is 12.4. The van der Waals surface area contributed by atoms with Crippen LogP contribution in [0, 0.1) is 5.92 Å². The van der Waals surface area contributed by atoms with Crippen LogP contribution in [0.25, 0.3) is 0 Å².